The Bertz CT molecular complexity index is 1090. The predicted octanol–water partition coefficient (Wildman–Crippen LogP) is 5.22. The number of likely N-dealkylation sites (tertiary alicyclic amines) is 2. The molecule has 0 aromatic carbocycles. The van der Waals surface area contributed by atoms with Crippen molar-refractivity contribution in [2.75, 3.05) is 13.1 Å². The lowest BCUT2D eigenvalue weighted by Crippen LogP contribution is -2.52. The van der Waals surface area contributed by atoms with Crippen LogP contribution in [0.3, 0.4) is 0 Å². The third kappa shape index (κ3) is 3.60. The van der Waals surface area contributed by atoms with Crippen LogP contribution in [0.25, 0.3) is 0 Å². The second-order valence-electron chi connectivity index (χ2n) is 17.0. The van der Waals surface area contributed by atoms with E-state index in [1.807, 2.05) is 19.1 Å². The summed E-state index contributed by atoms with van der Waals surface area (Å²) in [4.78, 5) is 59.7. The van der Waals surface area contributed by atoms with E-state index in [1.54, 1.807) is 9.80 Å². The Labute approximate surface area is 244 Å². The van der Waals surface area contributed by atoms with Crippen LogP contribution >= 0.6 is 0 Å². The van der Waals surface area contributed by atoms with Gasteiger partial charge in [0.15, 0.2) is 0 Å². The first kappa shape index (κ1) is 25.5. The van der Waals surface area contributed by atoms with Gasteiger partial charge in [-0.3, -0.25) is 29.0 Å². The van der Waals surface area contributed by atoms with Crippen molar-refractivity contribution in [2.24, 2.45) is 75.9 Å². The van der Waals surface area contributed by atoms with E-state index in [0.29, 0.717) is 19.5 Å². The highest BCUT2D eigenvalue weighted by Crippen LogP contribution is 2.63. The Morgan fingerprint density at radius 3 is 1.22 bits per heavy atom. The topological polar surface area (TPSA) is 74.8 Å². The molecule has 0 radical (unpaired) electrons. The number of amides is 4. The summed E-state index contributed by atoms with van der Waals surface area (Å²) in [6, 6.07) is 0. The smallest absolute Gasteiger partial charge is 0.233 e. The van der Waals surface area contributed by atoms with Crippen LogP contribution in [0.5, 0.6) is 0 Å². The minimum absolute atomic E-state index is 0.0523. The lowest BCUT2D eigenvalue weighted by molar-refractivity contribution is -0.146. The fraction of sp³-hybridized carbons (Fsp3) is 0.829. The number of carbonyl (C=O) groups excluding carboxylic acids is 4. The van der Waals surface area contributed by atoms with Gasteiger partial charge in [-0.2, -0.15) is 0 Å². The Morgan fingerprint density at radius 2 is 0.902 bits per heavy atom. The van der Waals surface area contributed by atoms with Crippen molar-refractivity contribution in [1.82, 2.24) is 9.80 Å². The van der Waals surface area contributed by atoms with Crippen LogP contribution in [0, 0.1) is 75.9 Å². The molecule has 0 aromatic heterocycles. The van der Waals surface area contributed by atoms with Crippen LogP contribution in [0.4, 0.5) is 0 Å². The molecule has 8 bridgehead atoms. The number of imide groups is 2. The summed E-state index contributed by atoms with van der Waals surface area (Å²) in [5.74, 6) is 2.09. The second-order valence-corrected chi connectivity index (χ2v) is 17.0. The molecule has 11 aliphatic rings. The van der Waals surface area contributed by atoms with Gasteiger partial charge in [0.1, 0.15) is 0 Å². The number of carbonyl (C=O) groups is 4. The largest absolute Gasteiger partial charge is 0.282 e. The van der Waals surface area contributed by atoms with Gasteiger partial charge in [0, 0.05) is 19.0 Å². The SMILES string of the molecule is CC=CC1C2C(=O)N(CC34CC5CC(CC(C5)C3)C4)C(=O)C2CC2C(=O)N(CC34CC5CC(CC(C5)C3)C4)C(=O)C21. The highest BCUT2D eigenvalue weighted by atomic mass is 16.2. The van der Waals surface area contributed by atoms with E-state index >= 15 is 0 Å². The van der Waals surface area contributed by atoms with Crippen molar-refractivity contribution < 1.29 is 19.2 Å². The first-order valence-electron chi connectivity index (χ1n) is 17.1. The maximum absolute atomic E-state index is 14.2. The summed E-state index contributed by atoms with van der Waals surface area (Å²) in [6.07, 6.45) is 19.3. The van der Waals surface area contributed by atoms with Crippen LogP contribution in [0.1, 0.15) is 90.4 Å². The van der Waals surface area contributed by atoms with Gasteiger partial charge < -0.3 is 0 Å². The molecule has 9 aliphatic carbocycles. The van der Waals surface area contributed by atoms with Crippen LogP contribution in [0.2, 0.25) is 0 Å². The molecule has 220 valence electrons. The Morgan fingerprint density at radius 1 is 0.561 bits per heavy atom. The molecule has 2 aliphatic heterocycles. The third-order valence-corrected chi connectivity index (χ3v) is 14.2. The summed E-state index contributed by atoms with van der Waals surface area (Å²) < 4.78 is 0. The zero-order valence-electron chi connectivity index (χ0n) is 24.6. The standard InChI is InChI=1S/C35H46N2O4/c1-2-3-25-28-26(30(38)36(32(28)40)17-34-11-19-4-20(12-34)6-21(5-19)13-34)10-27-29(25)33(41)37(31(27)39)18-35-14-22-7-23(15-35)9-24(8-22)16-35/h2-3,19-29H,4-18H2,1H3. The third-order valence-electron chi connectivity index (χ3n) is 14.2. The number of hydrogen-bond acceptors (Lipinski definition) is 4. The molecule has 2 heterocycles. The molecule has 11 fully saturated rings. The average Bonchev–Trinajstić information content (AvgIpc) is 3.27. The van der Waals surface area contributed by atoms with Crippen molar-refractivity contribution in [3.63, 3.8) is 0 Å². The monoisotopic (exact) mass is 558 g/mol. The minimum atomic E-state index is -0.495. The Hall–Kier alpha value is -1.98. The lowest BCUT2D eigenvalue weighted by Gasteiger charge is -2.57. The molecule has 4 unspecified atom stereocenters. The van der Waals surface area contributed by atoms with Gasteiger partial charge in [0.2, 0.25) is 23.6 Å². The van der Waals surface area contributed by atoms with E-state index in [1.165, 1.54) is 38.5 Å². The Kier molecular flexibility index (Phi) is 5.33. The molecule has 11 rings (SSSR count). The van der Waals surface area contributed by atoms with E-state index in [4.69, 9.17) is 0 Å². The number of rotatable bonds is 5. The maximum Gasteiger partial charge on any atom is 0.233 e. The lowest BCUT2D eigenvalue weighted by atomic mass is 9.49. The van der Waals surface area contributed by atoms with Crippen molar-refractivity contribution in [2.45, 2.75) is 90.4 Å². The molecular formula is C35H46N2O4. The highest BCUT2D eigenvalue weighted by Gasteiger charge is 2.65. The molecule has 6 nitrogen and oxygen atoms in total. The molecule has 6 heteroatoms. The van der Waals surface area contributed by atoms with Gasteiger partial charge in [-0.05, 0) is 137 Å². The number of hydrogen-bond donors (Lipinski definition) is 0. The number of nitrogens with zero attached hydrogens (tertiary/aromatic N) is 2. The minimum Gasteiger partial charge on any atom is -0.282 e. The summed E-state index contributed by atoms with van der Waals surface area (Å²) in [7, 11) is 0. The molecule has 4 atom stereocenters. The molecule has 9 saturated carbocycles. The van der Waals surface area contributed by atoms with E-state index < -0.39 is 23.7 Å². The molecule has 4 amide bonds. The van der Waals surface area contributed by atoms with E-state index in [2.05, 4.69) is 0 Å². The van der Waals surface area contributed by atoms with Gasteiger partial charge in [-0.15, -0.1) is 0 Å². The average molecular weight is 559 g/mol. The molecular weight excluding hydrogens is 512 g/mol. The molecule has 41 heavy (non-hydrogen) atoms. The summed E-state index contributed by atoms with van der Waals surface area (Å²) in [5.41, 5.74) is 0.194. The molecule has 0 aromatic rings. The van der Waals surface area contributed by atoms with Crippen LogP contribution in [0.15, 0.2) is 12.2 Å². The van der Waals surface area contributed by atoms with E-state index in [0.717, 1.165) is 74.0 Å². The highest BCUT2D eigenvalue weighted by molar-refractivity contribution is 6.10. The molecule has 0 spiro atoms. The van der Waals surface area contributed by atoms with E-state index in [9.17, 15) is 19.2 Å². The van der Waals surface area contributed by atoms with Gasteiger partial charge in [-0.25, -0.2) is 0 Å². The van der Waals surface area contributed by atoms with Crippen LogP contribution in [-0.2, 0) is 19.2 Å². The van der Waals surface area contributed by atoms with Gasteiger partial charge in [-0.1, -0.05) is 12.2 Å². The van der Waals surface area contributed by atoms with Gasteiger partial charge in [0.05, 0.1) is 23.7 Å². The summed E-state index contributed by atoms with van der Waals surface area (Å²) >= 11 is 0. The normalized spacial score (nSPS) is 52.9. The number of fused-ring (bicyclic) bond motifs is 2. The second kappa shape index (κ2) is 8.56. The quantitative estimate of drug-likeness (QED) is 0.343. The summed E-state index contributed by atoms with van der Waals surface area (Å²) in [6.45, 7) is 3.07. The van der Waals surface area contributed by atoms with Crippen LogP contribution < -0.4 is 0 Å². The Balaban J connectivity index is 0.985. The fourth-order valence-electron chi connectivity index (χ4n) is 13.9. The zero-order valence-corrected chi connectivity index (χ0v) is 24.6. The van der Waals surface area contributed by atoms with Crippen molar-refractivity contribution in [3.05, 3.63) is 12.2 Å². The molecule has 2 saturated heterocycles. The first-order valence-corrected chi connectivity index (χ1v) is 17.1. The predicted molar refractivity (Wildman–Crippen MR) is 152 cm³/mol. The maximum atomic E-state index is 14.2. The van der Waals surface area contributed by atoms with Crippen molar-refractivity contribution in [3.8, 4) is 0 Å². The van der Waals surface area contributed by atoms with Crippen molar-refractivity contribution >= 4 is 23.6 Å². The van der Waals surface area contributed by atoms with Crippen LogP contribution in [-0.4, -0.2) is 46.5 Å². The van der Waals surface area contributed by atoms with E-state index in [-0.39, 0.29) is 40.4 Å². The zero-order chi connectivity index (χ0) is 27.8. The molecule has 0 N–H and O–H groups in total. The van der Waals surface area contributed by atoms with Gasteiger partial charge >= 0.3 is 0 Å². The number of allylic oxidation sites excluding steroid dienone is 2. The van der Waals surface area contributed by atoms with Gasteiger partial charge in [0.25, 0.3) is 0 Å². The van der Waals surface area contributed by atoms with Crippen molar-refractivity contribution in [1.29, 1.82) is 0 Å². The summed E-state index contributed by atoms with van der Waals surface area (Å²) in [5, 5.41) is 0. The fourth-order valence-corrected chi connectivity index (χ4v) is 13.9. The first-order chi connectivity index (χ1) is 19.7.